The Morgan fingerprint density at radius 3 is 2.29 bits per heavy atom. The van der Waals surface area contributed by atoms with E-state index in [0.29, 0.717) is 24.6 Å². The van der Waals surface area contributed by atoms with Gasteiger partial charge in [0.05, 0.1) is 6.61 Å². The highest BCUT2D eigenvalue weighted by Crippen LogP contribution is 2.12. The molecule has 0 bridgehead atoms. The van der Waals surface area contributed by atoms with Gasteiger partial charge in [-0.15, -0.1) is 0 Å². The molecule has 1 amide bonds. The van der Waals surface area contributed by atoms with Crippen molar-refractivity contribution in [2.75, 3.05) is 19.0 Å². The minimum absolute atomic E-state index is 0.0560. The van der Waals surface area contributed by atoms with Crippen LogP contribution in [-0.4, -0.2) is 25.6 Å². The van der Waals surface area contributed by atoms with E-state index in [1.54, 1.807) is 7.11 Å². The van der Waals surface area contributed by atoms with Gasteiger partial charge in [0.15, 0.2) is 0 Å². The van der Waals surface area contributed by atoms with Gasteiger partial charge in [0, 0.05) is 30.9 Å². The number of carbonyl (C=O) groups is 1. The second kappa shape index (κ2) is 9.08. The third-order valence-electron chi connectivity index (χ3n) is 3.94. The van der Waals surface area contributed by atoms with Gasteiger partial charge in [0.1, 0.15) is 0 Å². The number of para-hydroxylation sites is 1. The maximum absolute atomic E-state index is 12.3. The van der Waals surface area contributed by atoms with E-state index >= 15 is 0 Å². The summed E-state index contributed by atoms with van der Waals surface area (Å²) in [5.74, 6) is 0.342. The number of anilines is 1. The van der Waals surface area contributed by atoms with Crippen LogP contribution in [0.4, 0.5) is 5.69 Å². The minimum Gasteiger partial charge on any atom is -0.380 e. The van der Waals surface area contributed by atoms with E-state index in [9.17, 15) is 4.79 Å². The SMILES string of the molecule is COCc1ccc(C(=O)NCC(Nc2ccccc2)C(C)C)cc1. The molecular formula is C20H26N2O2. The predicted molar refractivity (Wildman–Crippen MR) is 98.2 cm³/mol. The van der Waals surface area contributed by atoms with E-state index in [1.165, 1.54) is 0 Å². The summed E-state index contributed by atoms with van der Waals surface area (Å²) in [6.45, 7) is 5.42. The molecule has 0 fully saturated rings. The van der Waals surface area contributed by atoms with E-state index in [4.69, 9.17) is 4.74 Å². The Balaban J connectivity index is 1.92. The monoisotopic (exact) mass is 326 g/mol. The van der Waals surface area contributed by atoms with Crippen LogP contribution in [0.2, 0.25) is 0 Å². The lowest BCUT2D eigenvalue weighted by molar-refractivity contribution is 0.0950. The van der Waals surface area contributed by atoms with Gasteiger partial charge in [-0.25, -0.2) is 0 Å². The largest absolute Gasteiger partial charge is 0.380 e. The highest BCUT2D eigenvalue weighted by atomic mass is 16.5. The first-order valence-corrected chi connectivity index (χ1v) is 8.28. The molecule has 0 aliphatic heterocycles. The Hall–Kier alpha value is -2.33. The first kappa shape index (κ1) is 18.0. The summed E-state index contributed by atoms with van der Waals surface area (Å²) in [6.07, 6.45) is 0. The molecule has 0 aromatic heterocycles. The Morgan fingerprint density at radius 1 is 1.04 bits per heavy atom. The molecule has 2 aromatic carbocycles. The minimum atomic E-state index is -0.0560. The van der Waals surface area contributed by atoms with Crippen LogP contribution in [0.3, 0.4) is 0 Å². The topological polar surface area (TPSA) is 50.4 Å². The molecule has 0 spiro atoms. The van der Waals surface area contributed by atoms with Gasteiger partial charge in [-0.1, -0.05) is 44.2 Å². The standard InChI is InChI=1S/C20H26N2O2/c1-15(2)19(22-18-7-5-4-6-8-18)13-21-20(23)17-11-9-16(10-12-17)14-24-3/h4-12,15,19,22H,13-14H2,1-3H3,(H,21,23). The number of carbonyl (C=O) groups excluding carboxylic acids is 1. The molecule has 0 saturated carbocycles. The molecule has 0 aliphatic carbocycles. The number of ether oxygens (including phenoxy) is 1. The molecular weight excluding hydrogens is 300 g/mol. The lowest BCUT2D eigenvalue weighted by Gasteiger charge is -2.24. The first-order valence-electron chi connectivity index (χ1n) is 8.28. The summed E-state index contributed by atoms with van der Waals surface area (Å²) in [6, 6.07) is 17.7. The van der Waals surface area contributed by atoms with Gasteiger partial charge >= 0.3 is 0 Å². The number of methoxy groups -OCH3 is 1. The summed E-state index contributed by atoms with van der Waals surface area (Å²) >= 11 is 0. The average molecular weight is 326 g/mol. The predicted octanol–water partition coefficient (Wildman–Crippen LogP) is 3.70. The highest BCUT2D eigenvalue weighted by Gasteiger charge is 2.15. The van der Waals surface area contributed by atoms with Crippen molar-refractivity contribution in [1.82, 2.24) is 5.32 Å². The number of nitrogens with one attached hydrogen (secondary N) is 2. The molecule has 1 unspecified atom stereocenters. The zero-order valence-corrected chi connectivity index (χ0v) is 14.6. The van der Waals surface area contributed by atoms with Crippen LogP contribution in [0.25, 0.3) is 0 Å². The lowest BCUT2D eigenvalue weighted by atomic mass is 10.0. The average Bonchev–Trinajstić information content (AvgIpc) is 2.60. The van der Waals surface area contributed by atoms with E-state index in [-0.39, 0.29) is 11.9 Å². The van der Waals surface area contributed by atoms with Gasteiger partial charge in [-0.3, -0.25) is 4.79 Å². The van der Waals surface area contributed by atoms with Gasteiger partial charge in [-0.2, -0.15) is 0 Å². The lowest BCUT2D eigenvalue weighted by Crippen LogP contribution is -2.39. The zero-order valence-electron chi connectivity index (χ0n) is 14.6. The smallest absolute Gasteiger partial charge is 0.251 e. The van der Waals surface area contributed by atoms with Crippen LogP contribution in [-0.2, 0) is 11.3 Å². The summed E-state index contributed by atoms with van der Waals surface area (Å²) < 4.78 is 5.08. The van der Waals surface area contributed by atoms with Crippen molar-refractivity contribution < 1.29 is 9.53 Å². The number of benzene rings is 2. The van der Waals surface area contributed by atoms with Crippen molar-refractivity contribution in [3.05, 3.63) is 65.7 Å². The fourth-order valence-corrected chi connectivity index (χ4v) is 2.43. The van der Waals surface area contributed by atoms with Crippen molar-refractivity contribution in [3.8, 4) is 0 Å². The van der Waals surface area contributed by atoms with Crippen LogP contribution in [0.15, 0.2) is 54.6 Å². The normalized spacial score (nSPS) is 12.0. The Labute approximate surface area is 144 Å². The summed E-state index contributed by atoms with van der Waals surface area (Å²) in [4.78, 5) is 12.3. The number of hydrogen-bond donors (Lipinski definition) is 2. The van der Waals surface area contributed by atoms with Crippen molar-refractivity contribution in [3.63, 3.8) is 0 Å². The molecule has 2 aromatic rings. The van der Waals surface area contributed by atoms with Crippen LogP contribution in [0, 0.1) is 5.92 Å². The van der Waals surface area contributed by atoms with Crippen molar-refractivity contribution in [2.45, 2.75) is 26.5 Å². The molecule has 2 rings (SSSR count). The molecule has 0 saturated heterocycles. The summed E-state index contributed by atoms with van der Waals surface area (Å²) in [7, 11) is 1.66. The number of amides is 1. The first-order chi connectivity index (χ1) is 11.6. The molecule has 1 atom stereocenters. The molecule has 0 heterocycles. The number of rotatable bonds is 8. The fourth-order valence-electron chi connectivity index (χ4n) is 2.43. The fraction of sp³-hybridized carbons (Fsp3) is 0.350. The van der Waals surface area contributed by atoms with Gasteiger partial charge in [0.25, 0.3) is 5.91 Å². The highest BCUT2D eigenvalue weighted by molar-refractivity contribution is 5.94. The summed E-state index contributed by atoms with van der Waals surface area (Å²) in [5, 5.41) is 6.50. The van der Waals surface area contributed by atoms with Crippen LogP contribution < -0.4 is 10.6 Å². The Bertz CT molecular complexity index is 624. The zero-order chi connectivity index (χ0) is 17.4. The van der Waals surface area contributed by atoms with E-state index in [1.807, 2.05) is 54.6 Å². The quantitative estimate of drug-likeness (QED) is 0.778. The maximum Gasteiger partial charge on any atom is 0.251 e. The van der Waals surface area contributed by atoms with E-state index < -0.39 is 0 Å². The maximum atomic E-state index is 12.3. The second-order valence-electron chi connectivity index (χ2n) is 6.20. The third-order valence-corrected chi connectivity index (χ3v) is 3.94. The van der Waals surface area contributed by atoms with Crippen LogP contribution in [0.1, 0.15) is 29.8 Å². The summed E-state index contributed by atoms with van der Waals surface area (Å²) in [5.41, 5.74) is 2.78. The van der Waals surface area contributed by atoms with Gasteiger partial charge < -0.3 is 15.4 Å². The Morgan fingerprint density at radius 2 is 1.71 bits per heavy atom. The van der Waals surface area contributed by atoms with Crippen molar-refractivity contribution in [2.24, 2.45) is 5.92 Å². The van der Waals surface area contributed by atoms with Gasteiger partial charge in [-0.05, 0) is 35.7 Å². The van der Waals surface area contributed by atoms with Crippen LogP contribution in [0.5, 0.6) is 0 Å². The van der Waals surface area contributed by atoms with E-state index in [2.05, 4.69) is 24.5 Å². The molecule has 2 N–H and O–H groups in total. The third kappa shape index (κ3) is 5.39. The van der Waals surface area contributed by atoms with Crippen molar-refractivity contribution >= 4 is 11.6 Å². The molecule has 0 radical (unpaired) electrons. The van der Waals surface area contributed by atoms with Crippen molar-refractivity contribution in [1.29, 1.82) is 0 Å². The molecule has 4 nitrogen and oxygen atoms in total. The van der Waals surface area contributed by atoms with Gasteiger partial charge in [0.2, 0.25) is 0 Å². The van der Waals surface area contributed by atoms with E-state index in [0.717, 1.165) is 11.3 Å². The molecule has 0 aliphatic rings. The Kier molecular flexibility index (Phi) is 6.82. The van der Waals surface area contributed by atoms with Crippen LogP contribution >= 0.6 is 0 Å². The molecule has 128 valence electrons. The number of hydrogen-bond acceptors (Lipinski definition) is 3. The second-order valence-corrected chi connectivity index (χ2v) is 6.20. The molecule has 24 heavy (non-hydrogen) atoms. The molecule has 4 heteroatoms.